The highest BCUT2D eigenvalue weighted by atomic mass is 16.3. The number of nitrogens with zero attached hydrogens (tertiary/aromatic N) is 6. The molecule has 6 heterocycles. The van der Waals surface area contributed by atoms with Gasteiger partial charge in [0.05, 0.1) is 51.8 Å². The van der Waals surface area contributed by atoms with E-state index in [0.29, 0.717) is 17.1 Å². The Labute approximate surface area is 701 Å². The minimum absolute atomic E-state index is 0.0248. The lowest BCUT2D eigenvalue weighted by Crippen LogP contribution is -2.14. The monoisotopic (exact) mass is 1560 g/mol. The Balaban J connectivity index is 0.000000107. The van der Waals surface area contributed by atoms with E-state index < -0.39 is 0 Å². The van der Waals surface area contributed by atoms with Crippen molar-refractivity contribution in [1.82, 2.24) is 29.9 Å². The van der Waals surface area contributed by atoms with Crippen LogP contribution < -0.4 is 0 Å². The Morgan fingerprint density at radius 1 is 0.205 bits per heavy atom. The molecule has 9 nitrogen and oxygen atoms in total. The third-order valence-corrected chi connectivity index (χ3v) is 24.4. The van der Waals surface area contributed by atoms with Crippen molar-refractivity contribution in [1.29, 1.82) is 0 Å². The summed E-state index contributed by atoms with van der Waals surface area (Å²) < 4.78 is 18.5. The van der Waals surface area contributed by atoms with Crippen LogP contribution in [0.2, 0.25) is 0 Å². The fraction of sp³-hybridized carbons (Fsp3) is 0.0265. The van der Waals surface area contributed by atoms with Crippen molar-refractivity contribution in [3.8, 4) is 112 Å². The van der Waals surface area contributed by atoms with Crippen LogP contribution in [0.15, 0.2) is 414 Å². The summed E-state index contributed by atoms with van der Waals surface area (Å²) in [5, 5.41) is 14.9. The Kier molecular flexibility index (Phi) is 17.1. The van der Waals surface area contributed by atoms with Gasteiger partial charge in [-0.05, 0) is 210 Å². The number of fused-ring (bicyclic) bond motifs is 20. The predicted molar refractivity (Wildman–Crippen MR) is 502 cm³/mol. The molecule has 25 rings (SSSR count). The molecular weight excluding hydrogens is 1490 g/mol. The van der Waals surface area contributed by atoms with Crippen molar-refractivity contribution in [2.75, 3.05) is 0 Å². The van der Waals surface area contributed by atoms with Crippen molar-refractivity contribution in [2.45, 2.75) is 19.3 Å². The highest BCUT2D eigenvalue weighted by Gasteiger charge is 2.35. The van der Waals surface area contributed by atoms with Crippen LogP contribution in [0, 0.1) is 0 Å². The number of furan rings is 3. The average Bonchev–Trinajstić information content (AvgIpc) is 1.59. The molecule has 6 aromatic heterocycles. The maximum Gasteiger partial charge on any atom is 0.246 e. The Morgan fingerprint density at radius 2 is 0.500 bits per heavy atom. The standard InChI is InChI=1S/C41H28N2O.2C36H22N2O/c1-41(2)34-16-6-5-15-32(34)33-19-17-29(23-35(33)41)27-11-7-10-26(21-27)28-12-8-13-30(22-28)36-24-42-39-38-31-14-4-3-9-25(31)18-20-37(38)44-40(39)43-36;1-3-15-29-23(8-1)10-7-17-30(29)27-13-5-11-25(20-27)26-12-6-14-28(21-26)32-22-37-35-34-31-16-4-2-9-24(31)18-19-33(34)39-36(35)38-32;1-2-9-25-19-29(16-15-23(25)7-1)27-11-5-10-26(20-27)28-12-6-13-30(21-28)32-22-37-35-34-31-14-4-3-8-24(31)17-18-33(34)39-36(35)38-32/h3-24H,1-2H3;2*1-22H. The topological polar surface area (TPSA) is 117 Å². The first-order valence-electron chi connectivity index (χ1n) is 41.2. The maximum atomic E-state index is 6.20. The smallest absolute Gasteiger partial charge is 0.246 e. The minimum Gasteiger partial charge on any atom is -0.436 e. The molecule has 0 radical (unpaired) electrons. The molecule has 0 atom stereocenters. The van der Waals surface area contributed by atoms with Crippen molar-refractivity contribution in [2.24, 2.45) is 0 Å². The summed E-state index contributed by atoms with van der Waals surface area (Å²) in [6.45, 7) is 4.66. The van der Waals surface area contributed by atoms with Gasteiger partial charge in [-0.3, -0.25) is 0 Å². The van der Waals surface area contributed by atoms with Crippen molar-refractivity contribution in [3.63, 3.8) is 0 Å². The van der Waals surface area contributed by atoms with Crippen LogP contribution in [0.4, 0.5) is 0 Å². The second-order valence-electron chi connectivity index (χ2n) is 32.0. The molecule has 0 spiro atoms. The maximum absolute atomic E-state index is 6.20. The summed E-state index contributed by atoms with van der Waals surface area (Å²) in [6, 6.07) is 135. The van der Waals surface area contributed by atoms with Gasteiger partial charge < -0.3 is 13.3 Å². The molecule has 1 aliphatic carbocycles. The average molecular weight is 1560 g/mol. The van der Waals surface area contributed by atoms with Crippen molar-refractivity contribution < 1.29 is 13.3 Å². The summed E-state index contributed by atoms with van der Waals surface area (Å²) in [5.74, 6) is 0. The van der Waals surface area contributed by atoms with Gasteiger partial charge in [-0.2, -0.15) is 0 Å². The van der Waals surface area contributed by atoms with E-state index >= 15 is 0 Å². The predicted octanol–water partition coefficient (Wildman–Crippen LogP) is 30.2. The summed E-state index contributed by atoms with van der Waals surface area (Å²) in [4.78, 5) is 29.2. The molecule has 1 aliphatic rings. The van der Waals surface area contributed by atoms with Gasteiger partial charge in [-0.1, -0.05) is 329 Å². The van der Waals surface area contributed by atoms with Crippen LogP contribution >= 0.6 is 0 Å². The van der Waals surface area contributed by atoms with Gasteiger partial charge in [0.1, 0.15) is 33.3 Å². The van der Waals surface area contributed by atoms with Gasteiger partial charge in [0.2, 0.25) is 17.1 Å². The van der Waals surface area contributed by atoms with Crippen LogP contribution in [0.1, 0.15) is 25.0 Å². The molecule has 24 aromatic rings. The zero-order valence-corrected chi connectivity index (χ0v) is 66.5. The van der Waals surface area contributed by atoms with Crippen LogP contribution in [0.3, 0.4) is 0 Å². The van der Waals surface area contributed by atoms with E-state index in [9.17, 15) is 0 Å². The van der Waals surface area contributed by atoms with Crippen molar-refractivity contribution >= 4 is 120 Å². The zero-order chi connectivity index (χ0) is 80.9. The quantitative estimate of drug-likeness (QED) is 0.139. The normalized spacial score (nSPS) is 12.2. The van der Waals surface area contributed by atoms with E-state index in [2.05, 4.69) is 347 Å². The lowest BCUT2D eigenvalue weighted by atomic mass is 9.81. The van der Waals surface area contributed by atoms with E-state index in [-0.39, 0.29) is 5.41 Å². The molecule has 0 unspecified atom stereocenters. The number of rotatable bonds is 9. The number of hydrogen-bond donors (Lipinski definition) is 0. The zero-order valence-electron chi connectivity index (χ0n) is 66.5. The molecule has 0 bridgehead atoms. The molecule has 572 valence electrons. The Hall–Kier alpha value is -16.1. The van der Waals surface area contributed by atoms with E-state index in [1.165, 1.54) is 77.2 Å². The summed E-state index contributed by atoms with van der Waals surface area (Å²) in [5.41, 5.74) is 31.5. The third-order valence-electron chi connectivity index (χ3n) is 24.4. The summed E-state index contributed by atoms with van der Waals surface area (Å²) in [6.07, 6.45) is 5.56. The first-order valence-corrected chi connectivity index (χ1v) is 41.2. The van der Waals surface area contributed by atoms with Gasteiger partial charge in [0.25, 0.3) is 0 Å². The lowest BCUT2D eigenvalue weighted by Gasteiger charge is -2.22. The number of hydrogen-bond acceptors (Lipinski definition) is 9. The highest BCUT2D eigenvalue weighted by Crippen LogP contribution is 2.50. The molecular formula is C113H72N6O3. The molecule has 0 saturated heterocycles. The second-order valence-corrected chi connectivity index (χ2v) is 32.0. The lowest BCUT2D eigenvalue weighted by molar-refractivity contribution is 0.653. The minimum atomic E-state index is -0.0248. The van der Waals surface area contributed by atoms with Gasteiger partial charge in [0, 0.05) is 22.1 Å². The van der Waals surface area contributed by atoms with Gasteiger partial charge in [-0.15, -0.1) is 0 Å². The molecule has 0 fully saturated rings. The molecule has 122 heavy (non-hydrogen) atoms. The largest absolute Gasteiger partial charge is 0.436 e. The van der Waals surface area contributed by atoms with Gasteiger partial charge >= 0.3 is 0 Å². The Bertz CT molecular complexity index is 8350. The van der Waals surface area contributed by atoms with E-state index in [4.69, 9.17) is 43.2 Å². The number of aromatic nitrogens is 6. The van der Waals surface area contributed by atoms with Crippen LogP contribution in [0.25, 0.3) is 232 Å². The van der Waals surface area contributed by atoms with E-state index in [1.807, 2.05) is 67.1 Å². The highest BCUT2D eigenvalue weighted by molar-refractivity contribution is 6.19. The molecule has 0 N–H and O–H groups in total. The molecule has 18 aromatic carbocycles. The SMILES string of the molecule is CC1(C)c2ccccc2-c2ccc(-c3cccc(-c4cccc(-c5cnc6c(n5)oc5ccc7ccccc7c56)c4)c3)cc21.c1cc(-c2cccc(-c3cccc4ccccc34)c2)cc(-c2cnc3c(n2)oc2ccc4ccccc4c23)c1.c1cc(-c2cccc(-c3cnc4c(n3)oc3ccc5ccccc5c34)c2)cc(-c2ccc3ccccc3c2)c1. The summed E-state index contributed by atoms with van der Waals surface area (Å²) in [7, 11) is 0. The molecule has 0 saturated carbocycles. The third kappa shape index (κ3) is 12.6. The van der Waals surface area contributed by atoms with E-state index in [0.717, 1.165) is 149 Å². The molecule has 0 amide bonds. The summed E-state index contributed by atoms with van der Waals surface area (Å²) >= 11 is 0. The molecule has 0 aliphatic heterocycles. The van der Waals surface area contributed by atoms with Crippen LogP contribution in [0.5, 0.6) is 0 Å². The fourth-order valence-electron chi connectivity index (χ4n) is 18.2. The van der Waals surface area contributed by atoms with Crippen LogP contribution in [-0.4, -0.2) is 29.9 Å². The van der Waals surface area contributed by atoms with E-state index in [1.54, 1.807) is 0 Å². The second kappa shape index (κ2) is 29.2. The first-order chi connectivity index (χ1) is 60.2. The fourth-order valence-corrected chi connectivity index (χ4v) is 18.2. The Morgan fingerprint density at radius 3 is 0.951 bits per heavy atom. The van der Waals surface area contributed by atoms with Crippen molar-refractivity contribution in [3.05, 3.63) is 412 Å². The first kappa shape index (κ1) is 71.2. The van der Waals surface area contributed by atoms with Crippen LogP contribution in [-0.2, 0) is 5.41 Å². The number of benzene rings is 18. The molecule has 9 heteroatoms. The van der Waals surface area contributed by atoms with Gasteiger partial charge in [-0.25, -0.2) is 29.9 Å². The van der Waals surface area contributed by atoms with Gasteiger partial charge in [0.15, 0.2) is 0 Å².